The van der Waals surface area contributed by atoms with Crippen LogP contribution in [0, 0.1) is 13.8 Å². The first-order valence-corrected chi connectivity index (χ1v) is 7.45. The van der Waals surface area contributed by atoms with Crippen LogP contribution >= 0.6 is 11.3 Å². The molecule has 6 nitrogen and oxygen atoms in total. The Bertz CT molecular complexity index is 792. The maximum Gasteiger partial charge on any atom is 0.228 e. The fourth-order valence-corrected chi connectivity index (χ4v) is 2.70. The SMILES string of the molecule is Cc1ccc2cnn(CCC(=O)Nc3nnc(C)s3)c2c1. The van der Waals surface area contributed by atoms with Crippen LogP contribution in [0.4, 0.5) is 5.13 Å². The molecule has 0 saturated heterocycles. The Morgan fingerprint density at radius 1 is 1.33 bits per heavy atom. The van der Waals surface area contributed by atoms with Crippen LogP contribution in [0.25, 0.3) is 10.9 Å². The molecule has 0 aliphatic carbocycles. The molecule has 1 N–H and O–H groups in total. The molecule has 1 aromatic carbocycles. The zero-order valence-electron chi connectivity index (χ0n) is 11.8. The molecule has 0 atom stereocenters. The zero-order chi connectivity index (χ0) is 14.8. The number of nitrogens with one attached hydrogen (secondary N) is 1. The molecule has 0 spiro atoms. The summed E-state index contributed by atoms with van der Waals surface area (Å²) in [5.74, 6) is -0.0811. The van der Waals surface area contributed by atoms with Crippen molar-refractivity contribution in [1.29, 1.82) is 0 Å². The summed E-state index contributed by atoms with van der Waals surface area (Å²) in [5.41, 5.74) is 2.23. The predicted octanol–water partition coefficient (Wildman–Crippen LogP) is 2.53. The van der Waals surface area contributed by atoms with Crippen LogP contribution in [-0.2, 0) is 11.3 Å². The van der Waals surface area contributed by atoms with E-state index >= 15 is 0 Å². The van der Waals surface area contributed by atoms with Gasteiger partial charge < -0.3 is 5.32 Å². The number of aryl methyl sites for hydroxylation is 3. The molecule has 7 heteroatoms. The van der Waals surface area contributed by atoms with E-state index in [1.165, 1.54) is 16.9 Å². The number of hydrogen-bond donors (Lipinski definition) is 1. The highest BCUT2D eigenvalue weighted by Gasteiger charge is 2.08. The molecule has 0 bridgehead atoms. The lowest BCUT2D eigenvalue weighted by molar-refractivity contribution is -0.116. The number of hydrogen-bond acceptors (Lipinski definition) is 5. The molecule has 2 heterocycles. The van der Waals surface area contributed by atoms with Crippen LogP contribution in [0.5, 0.6) is 0 Å². The molecule has 1 amide bonds. The summed E-state index contributed by atoms with van der Waals surface area (Å²) in [4.78, 5) is 11.9. The van der Waals surface area contributed by atoms with Gasteiger partial charge in [-0.25, -0.2) is 0 Å². The van der Waals surface area contributed by atoms with Gasteiger partial charge in [-0.3, -0.25) is 9.48 Å². The van der Waals surface area contributed by atoms with Gasteiger partial charge in [0.15, 0.2) is 0 Å². The minimum atomic E-state index is -0.0811. The minimum Gasteiger partial charge on any atom is -0.300 e. The van der Waals surface area contributed by atoms with Gasteiger partial charge in [-0.15, -0.1) is 10.2 Å². The van der Waals surface area contributed by atoms with Crippen molar-refractivity contribution in [3.8, 4) is 0 Å². The monoisotopic (exact) mass is 301 g/mol. The van der Waals surface area contributed by atoms with E-state index in [0.29, 0.717) is 18.1 Å². The Morgan fingerprint density at radius 2 is 2.19 bits per heavy atom. The third-order valence-corrected chi connectivity index (χ3v) is 3.88. The van der Waals surface area contributed by atoms with E-state index in [-0.39, 0.29) is 5.91 Å². The number of aromatic nitrogens is 4. The van der Waals surface area contributed by atoms with Crippen molar-refractivity contribution < 1.29 is 4.79 Å². The van der Waals surface area contributed by atoms with E-state index in [1.54, 1.807) is 0 Å². The molecule has 2 aromatic heterocycles. The summed E-state index contributed by atoms with van der Waals surface area (Å²) in [7, 11) is 0. The number of fused-ring (bicyclic) bond motifs is 1. The average molecular weight is 301 g/mol. The van der Waals surface area contributed by atoms with Crippen LogP contribution in [0.3, 0.4) is 0 Å². The first kappa shape index (κ1) is 13.7. The van der Waals surface area contributed by atoms with E-state index in [2.05, 4.69) is 32.7 Å². The van der Waals surface area contributed by atoms with Crippen LogP contribution in [0.2, 0.25) is 0 Å². The fraction of sp³-hybridized carbons (Fsp3) is 0.286. The number of carbonyl (C=O) groups is 1. The van der Waals surface area contributed by atoms with E-state index in [4.69, 9.17) is 0 Å². The molecule has 0 aliphatic rings. The molecule has 0 unspecified atom stereocenters. The molecule has 0 fully saturated rings. The molecule has 21 heavy (non-hydrogen) atoms. The standard InChI is InChI=1S/C14H15N5OS/c1-9-3-4-11-8-15-19(12(11)7-9)6-5-13(20)16-14-18-17-10(2)21-14/h3-4,7-8H,5-6H2,1-2H3,(H,16,18,20). The van der Waals surface area contributed by atoms with Gasteiger partial charge >= 0.3 is 0 Å². The summed E-state index contributed by atoms with van der Waals surface area (Å²) >= 11 is 1.37. The third-order valence-electron chi connectivity index (χ3n) is 3.12. The second-order valence-electron chi connectivity index (χ2n) is 4.85. The van der Waals surface area contributed by atoms with Gasteiger partial charge in [0, 0.05) is 11.8 Å². The Morgan fingerprint density at radius 3 is 2.95 bits per heavy atom. The predicted molar refractivity (Wildman–Crippen MR) is 82.4 cm³/mol. The highest BCUT2D eigenvalue weighted by atomic mass is 32.1. The number of carbonyl (C=O) groups excluding carboxylic acids is 1. The van der Waals surface area contributed by atoms with Crippen LogP contribution in [0.1, 0.15) is 17.0 Å². The molecule has 0 aliphatic heterocycles. The lowest BCUT2D eigenvalue weighted by Crippen LogP contribution is -2.14. The van der Waals surface area contributed by atoms with Gasteiger partial charge in [-0.2, -0.15) is 5.10 Å². The molecule has 0 radical (unpaired) electrons. The largest absolute Gasteiger partial charge is 0.300 e. The van der Waals surface area contributed by atoms with E-state index in [1.807, 2.05) is 30.8 Å². The maximum atomic E-state index is 11.9. The number of benzene rings is 1. The smallest absolute Gasteiger partial charge is 0.228 e. The Hall–Kier alpha value is -2.28. The number of rotatable bonds is 4. The Kier molecular flexibility index (Phi) is 3.66. The summed E-state index contributed by atoms with van der Waals surface area (Å²) in [6, 6.07) is 6.17. The average Bonchev–Trinajstić information content (AvgIpc) is 3.03. The van der Waals surface area contributed by atoms with Crippen LogP contribution in [0.15, 0.2) is 24.4 Å². The van der Waals surface area contributed by atoms with Gasteiger partial charge in [-0.05, 0) is 25.5 Å². The van der Waals surface area contributed by atoms with Gasteiger partial charge in [0.05, 0.1) is 18.3 Å². The van der Waals surface area contributed by atoms with E-state index in [0.717, 1.165) is 15.9 Å². The minimum absolute atomic E-state index is 0.0811. The lowest BCUT2D eigenvalue weighted by atomic mass is 10.2. The maximum absolute atomic E-state index is 11.9. The van der Waals surface area contributed by atoms with Crippen LogP contribution < -0.4 is 5.32 Å². The summed E-state index contributed by atoms with van der Waals surface area (Å²) in [6.07, 6.45) is 2.17. The van der Waals surface area contributed by atoms with Gasteiger partial charge in [0.25, 0.3) is 0 Å². The second kappa shape index (κ2) is 5.61. The highest BCUT2D eigenvalue weighted by molar-refractivity contribution is 7.15. The van der Waals surface area contributed by atoms with Crippen molar-refractivity contribution >= 4 is 33.3 Å². The molecular weight excluding hydrogens is 286 g/mol. The van der Waals surface area contributed by atoms with Gasteiger partial charge in [0.1, 0.15) is 5.01 Å². The van der Waals surface area contributed by atoms with Crippen molar-refractivity contribution in [1.82, 2.24) is 20.0 Å². The number of anilines is 1. The normalized spacial score (nSPS) is 11.0. The van der Waals surface area contributed by atoms with Crippen molar-refractivity contribution in [2.75, 3.05) is 5.32 Å². The van der Waals surface area contributed by atoms with Crippen molar-refractivity contribution in [2.24, 2.45) is 0 Å². The number of amides is 1. The van der Waals surface area contributed by atoms with Gasteiger partial charge in [0.2, 0.25) is 11.0 Å². The summed E-state index contributed by atoms with van der Waals surface area (Å²) < 4.78 is 1.85. The van der Waals surface area contributed by atoms with Crippen molar-refractivity contribution in [3.05, 3.63) is 35.0 Å². The van der Waals surface area contributed by atoms with Crippen molar-refractivity contribution in [3.63, 3.8) is 0 Å². The first-order chi connectivity index (χ1) is 10.1. The zero-order valence-corrected chi connectivity index (χ0v) is 12.6. The topological polar surface area (TPSA) is 72.7 Å². The second-order valence-corrected chi connectivity index (χ2v) is 6.04. The van der Waals surface area contributed by atoms with Crippen LogP contribution in [-0.4, -0.2) is 25.9 Å². The molecule has 3 rings (SSSR count). The van der Waals surface area contributed by atoms with Gasteiger partial charge in [-0.1, -0.05) is 23.5 Å². The molecule has 108 valence electrons. The fourth-order valence-electron chi connectivity index (χ4n) is 2.09. The Labute approximate surface area is 125 Å². The molecule has 0 saturated carbocycles. The molecular formula is C14H15N5OS. The van der Waals surface area contributed by atoms with E-state index < -0.39 is 0 Å². The van der Waals surface area contributed by atoms with E-state index in [9.17, 15) is 4.79 Å². The molecule has 3 aromatic rings. The third kappa shape index (κ3) is 3.08. The van der Waals surface area contributed by atoms with Crippen molar-refractivity contribution in [2.45, 2.75) is 26.8 Å². The highest BCUT2D eigenvalue weighted by Crippen LogP contribution is 2.16. The first-order valence-electron chi connectivity index (χ1n) is 6.64. The Balaban J connectivity index is 1.66. The lowest BCUT2D eigenvalue weighted by Gasteiger charge is -2.04. The quantitative estimate of drug-likeness (QED) is 0.803. The number of nitrogens with zero attached hydrogens (tertiary/aromatic N) is 4. The summed E-state index contributed by atoms with van der Waals surface area (Å²) in [5, 5.41) is 17.3. The summed E-state index contributed by atoms with van der Waals surface area (Å²) in [6.45, 7) is 4.43.